The summed E-state index contributed by atoms with van der Waals surface area (Å²) in [6.07, 6.45) is 3.95. The van der Waals surface area contributed by atoms with Crippen LogP contribution in [0.1, 0.15) is 33.1 Å². The molecule has 0 aromatic heterocycles. The predicted octanol–water partition coefficient (Wildman–Crippen LogP) is 3.80. The topological polar surface area (TPSA) is 24.1 Å². The quantitative estimate of drug-likeness (QED) is 0.793. The van der Waals surface area contributed by atoms with Gasteiger partial charge in [-0.25, -0.2) is 0 Å². The Kier molecular flexibility index (Phi) is 4.59. The van der Waals surface area contributed by atoms with E-state index in [1.807, 2.05) is 30.3 Å². The van der Waals surface area contributed by atoms with Crippen LogP contribution in [-0.2, 0) is 0 Å². The summed E-state index contributed by atoms with van der Waals surface area (Å²) >= 11 is 5.40. The number of hydrogen-bond donors (Lipinski definition) is 2. The van der Waals surface area contributed by atoms with Gasteiger partial charge in [0.05, 0.1) is 0 Å². The molecule has 1 aromatic rings. The number of anilines is 1. The van der Waals surface area contributed by atoms with Gasteiger partial charge in [-0.3, -0.25) is 0 Å². The Labute approximate surface area is 115 Å². The lowest BCUT2D eigenvalue weighted by atomic mass is 9.79. The molecule has 98 valence electrons. The molecule has 2 nitrogen and oxygen atoms in total. The lowest BCUT2D eigenvalue weighted by Crippen LogP contribution is -2.47. The van der Waals surface area contributed by atoms with E-state index in [1.165, 1.54) is 19.3 Å². The third-order valence-corrected chi connectivity index (χ3v) is 4.09. The van der Waals surface area contributed by atoms with E-state index in [1.54, 1.807) is 0 Å². The zero-order chi connectivity index (χ0) is 13.0. The summed E-state index contributed by atoms with van der Waals surface area (Å²) in [6, 6.07) is 10.6. The molecule has 1 aliphatic carbocycles. The molecule has 3 heteroatoms. The number of rotatable bonds is 2. The Morgan fingerprint density at radius 2 is 1.72 bits per heavy atom. The highest BCUT2D eigenvalue weighted by atomic mass is 32.1. The molecule has 0 radical (unpaired) electrons. The lowest BCUT2D eigenvalue weighted by molar-refractivity contribution is 0.232. The van der Waals surface area contributed by atoms with Crippen molar-refractivity contribution in [2.45, 2.75) is 39.2 Å². The molecule has 2 rings (SSSR count). The highest BCUT2D eigenvalue weighted by Crippen LogP contribution is 2.28. The predicted molar refractivity (Wildman–Crippen MR) is 81.8 cm³/mol. The van der Waals surface area contributed by atoms with Crippen molar-refractivity contribution in [3.63, 3.8) is 0 Å². The number of benzene rings is 1. The monoisotopic (exact) mass is 262 g/mol. The normalized spacial score (nSPS) is 27.6. The fraction of sp³-hybridized carbons (Fsp3) is 0.533. The van der Waals surface area contributed by atoms with Gasteiger partial charge < -0.3 is 10.6 Å². The van der Waals surface area contributed by atoms with E-state index in [2.05, 4.69) is 24.5 Å². The summed E-state index contributed by atoms with van der Waals surface area (Å²) in [6.45, 7) is 4.64. The van der Waals surface area contributed by atoms with Crippen LogP contribution in [0.5, 0.6) is 0 Å². The fourth-order valence-electron chi connectivity index (χ4n) is 2.81. The largest absolute Gasteiger partial charge is 0.359 e. The van der Waals surface area contributed by atoms with Gasteiger partial charge >= 0.3 is 0 Å². The molecule has 1 saturated carbocycles. The number of thiocarbonyl (C=S) groups is 1. The van der Waals surface area contributed by atoms with Crippen LogP contribution in [-0.4, -0.2) is 11.2 Å². The fourth-order valence-corrected chi connectivity index (χ4v) is 3.06. The minimum atomic E-state index is 0.502. The second-order valence-electron chi connectivity index (χ2n) is 5.38. The maximum atomic E-state index is 5.40. The molecule has 2 N–H and O–H groups in total. The second-order valence-corrected chi connectivity index (χ2v) is 5.78. The first-order valence-corrected chi connectivity index (χ1v) is 7.20. The average molecular weight is 262 g/mol. The van der Waals surface area contributed by atoms with Gasteiger partial charge in [0.25, 0.3) is 0 Å². The van der Waals surface area contributed by atoms with Gasteiger partial charge in [-0.1, -0.05) is 38.5 Å². The van der Waals surface area contributed by atoms with Crippen LogP contribution in [0.25, 0.3) is 0 Å². The summed E-state index contributed by atoms with van der Waals surface area (Å²) in [5, 5.41) is 7.48. The van der Waals surface area contributed by atoms with Crippen molar-refractivity contribution >= 4 is 23.0 Å². The van der Waals surface area contributed by atoms with E-state index in [-0.39, 0.29) is 0 Å². The van der Waals surface area contributed by atoms with Gasteiger partial charge in [-0.2, -0.15) is 0 Å². The summed E-state index contributed by atoms with van der Waals surface area (Å²) < 4.78 is 0. The first-order valence-electron chi connectivity index (χ1n) is 6.79. The molecule has 1 aromatic carbocycles. The zero-order valence-electron chi connectivity index (χ0n) is 11.1. The van der Waals surface area contributed by atoms with E-state index in [9.17, 15) is 0 Å². The smallest absolute Gasteiger partial charge is 0.171 e. The molecule has 1 aliphatic rings. The van der Waals surface area contributed by atoms with Gasteiger partial charge in [-0.05, 0) is 49.0 Å². The summed E-state index contributed by atoms with van der Waals surface area (Å²) in [7, 11) is 0. The van der Waals surface area contributed by atoms with E-state index in [4.69, 9.17) is 12.2 Å². The van der Waals surface area contributed by atoms with Crippen LogP contribution >= 0.6 is 12.2 Å². The molecule has 0 bridgehead atoms. The van der Waals surface area contributed by atoms with Crippen LogP contribution in [0.4, 0.5) is 5.69 Å². The highest BCUT2D eigenvalue weighted by Gasteiger charge is 2.27. The van der Waals surface area contributed by atoms with Crippen LogP contribution < -0.4 is 10.6 Å². The number of para-hydroxylation sites is 1. The van der Waals surface area contributed by atoms with Gasteiger partial charge in [0.15, 0.2) is 5.11 Å². The molecule has 0 aliphatic heterocycles. The molecular weight excluding hydrogens is 240 g/mol. The van der Waals surface area contributed by atoms with Crippen molar-refractivity contribution in [1.82, 2.24) is 5.32 Å². The van der Waals surface area contributed by atoms with Crippen LogP contribution in [0.15, 0.2) is 30.3 Å². The number of nitrogens with one attached hydrogen (secondary N) is 2. The van der Waals surface area contributed by atoms with Gasteiger partial charge in [0.2, 0.25) is 0 Å². The van der Waals surface area contributed by atoms with Crippen molar-refractivity contribution in [3.05, 3.63) is 30.3 Å². The Balaban J connectivity index is 1.90. The van der Waals surface area contributed by atoms with Crippen molar-refractivity contribution in [1.29, 1.82) is 0 Å². The molecular formula is C15H22N2S. The van der Waals surface area contributed by atoms with E-state index < -0.39 is 0 Å². The minimum Gasteiger partial charge on any atom is -0.359 e. The third kappa shape index (κ3) is 3.45. The Bertz CT molecular complexity index is 381. The minimum absolute atomic E-state index is 0.502. The molecule has 1 fully saturated rings. The first kappa shape index (κ1) is 13.3. The first-order chi connectivity index (χ1) is 8.66. The molecule has 0 heterocycles. The van der Waals surface area contributed by atoms with Crippen LogP contribution in [0.2, 0.25) is 0 Å². The van der Waals surface area contributed by atoms with Crippen LogP contribution in [0, 0.1) is 11.8 Å². The Hall–Kier alpha value is -1.09. The molecule has 2 atom stereocenters. The van der Waals surface area contributed by atoms with Gasteiger partial charge in [0.1, 0.15) is 0 Å². The summed E-state index contributed by atoms with van der Waals surface area (Å²) in [5.41, 5.74) is 1.05. The molecule has 0 saturated heterocycles. The van der Waals surface area contributed by atoms with Crippen molar-refractivity contribution in [2.24, 2.45) is 11.8 Å². The van der Waals surface area contributed by atoms with Crippen molar-refractivity contribution in [2.75, 3.05) is 5.32 Å². The Morgan fingerprint density at radius 1 is 1.11 bits per heavy atom. The van der Waals surface area contributed by atoms with Crippen LogP contribution in [0.3, 0.4) is 0 Å². The number of hydrogen-bond acceptors (Lipinski definition) is 1. The standard InChI is InChI=1S/C15H22N2S/c1-11-7-6-8-12(2)14(11)17-15(18)16-13-9-4-3-5-10-13/h3-5,9-12,14H,6-8H2,1-2H3,(H2,16,17,18). The molecule has 18 heavy (non-hydrogen) atoms. The average Bonchev–Trinajstić information content (AvgIpc) is 2.35. The maximum Gasteiger partial charge on any atom is 0.171 e. The zero-order valence-corrected chi connectivity index (χ0v) is 12.0. The van der Waals surface area contributed by atoms with Gasteiger partial charge in [0, 0.05) is 11.7 Å². The third-order valence-electron chi connectivity index (χ3n) is 3.87. The van der Waals surface area contributed by atoms with Crippen molar-refractivity contribution in [3.8, 4) is 0 Å². The lowest BCUT2D eigenvalue weighted by Gasteiger charge is -2.35. The van der Waals surface area contributed by atoms with Gasteiger partial charge in [-0.15, -0.1) is 0 Å². The van der Waals surface area contributed by atoms with Crippen molar-refractivity contribution < 1.29 is 0 Å². The molecule has 0 spiro atoms. The second kappa shape index (κ2) is 6.19. The Morgan fingerprint density at radius 3 is 2.33 bits per heavy atom. The summed E-state index contributed by atoms with van der Waals surface area (Å²) in [5.74, 6) is 1.40. The molecule has 2 unspecified atom stereocenters. The van der Waals surface area contributed by atoms with E-state index in [0.717, 1.165) is 10.8 Å². The maximum absolute atomic E-state index is 5.40. The molecule has 0 amide bonds. The van der Waals surface area contributed by atoms with E-state index in [0.29, 0.717) is 17.9 Å². The summed E-state index contributed by atoms with van der Waals surface area (Å²) in [4.78, 5) is 0. The van der Waals surface area contributed by atoms with E-state index >= 15 is 0 Å². The SMILES string of the molecule is CC1CCCC(C)C1NC(=S)Nc1ccccc1. The highest BCUT2D eigenvalue weighted by molar-refractivity contribution is 7.80.